The molecule has 4 aliphatic rings. The highest BCUT2D eigenvalue weighted by Gasteiger charge is 2.46. The van der Waals surface area contributed by atoms with Gasteiger partial charge in [-0.05, 0) is 124 Å². The normalized spacial score (nSPS) is 21.7. The fraction of sp³-hybridized carbons (Fsp3) is 0.405. The summed E-state index contributed by atoms with van der Waals surface area (Å²) in [6.07, 6.45) is 5.54. The molecule has 3 aromatic carbocycles. The molecule has 0 bridgehead atoms. The van der Waals surface area contributed by atoms with Crippen LogP contribution in [-0.2, 0) is 21.5 Å². The van der Waals surface area contributed by atoms with Crippen molar-refractivity contribution in [3.05, 3.63) is 93.1 Å². The molecule has 1 saturated heterocycles. The van der Waals surface area contributed by atoms with Crippen LogP contribution in [0.25, 0.3) is 11.1 Å². The second kappa shape index (κ2) is 13.9. The van der Waals surface area contributed by atoms with Crippen LogP contribution in [0.15, 0.2) is 53.1 Å². The maximum atomic E-state index is 15.5. The molecule has 2 saturated carbocycles. The molecule has 3 heterocycles. The largest absolute Gasteiger partial charge is 0.380 e. The summed E-state index contributed by atoms with van der Waals surface area (Å²) in [5.74, 6) is -0.636. The second-order valence-electron chi connectivity index (χ2n) is 15.4. The number of benzene rings is 3. The van der Waals surface area contributed by atoms with E-state index in [0.717, 1.165) is 90.2 Å². The van der Waals surface area contributed by atoms with E-state index in [0.29, 0.717) is 22.2 Å². The summed E-state index contributed by atoms with van der Waals surface area (Å²) in [6.45, 7) is 6.90. The number of nitrogens with zero attached hydrogens (tertiary/aromatic N) is 4. The first-order valence-electron chi connectivity index (χ1n) is 18.7. The Bertz CT molecular complexity index is 2210. The zero-order valence-electron chi connectivity index (χ0n) is 30.6. The average molecular weight is 749 g/mol. The number of rotatable bonds is 9. The van der Waals surface area contributed by atoms with E-state index in [9.17, 15) is 19.6 Å². The van der Waals surface area contributed by atoms with Gasteiger partial charge in [0.05, 0.1) is 22.9 Å². The van der Waals surface area contributed by atoms with Gasteiger partial charge in [-0.3, -0.25) is 19.7 Å². The van der Waals surface area contributed by atoms with E-state index in [1.165, 1.54) is 11.0 Å². The number of carbonyl (C=O) groups is 3. The van der Waals surface area contributed by atoms with E-state index >= 15 is 4.39 Å². The fourth-order valence-corrected chi connectivity index (χ4v) is 8.94. The highest BCUT2D eigenvalue weighted by Crippen LogP contribution is 2.51. The van der Waals surface area contributed by atoms with Crippen molar-refractivity contribution in [3.8, 4) is 17.2 Å². The lowest BCUT2D eigenvalue weighted by Gasteiger charge is -2.35. The summed E-state index contributed by atoms with van der Waals surface area (Å²) in [4.78, 5) is 41.1. The number of amides is 3. The van der Waals surface area contributed by atoms with Crippen molar-refractivity contribution in [3.63, 3.8) is 0 Å². The van der Waals surface area contributed by atoms with E-state index in [4.69, 9.17) is 16.1 Å². The SMILES string of the molecule is Cc1ccc(-c2c(C)noc2C)cc1N(CC1CCC(Nc2cc3c(cc2F)C(=O)N(C2CCC(=O)NC2=O)C3)CC1)c1ccc(C2(C#N)CC2)c(Cl)c1. The minimum absolute atomic E-state index is 0.0460. The maximum absolute atomic E-state index is 15.5. The second-order valence-corrected chi connectivity index (χ2v) is 15.8. The zero-order chi connectivity index (χ0) is 37.9. The number of aryl methyl sites for hydroxylation is 3. The molecule has 12 heteroatoms. The lowest BCUT2D eigenvalue weighted by atomic mass is 9.85. The minimum atomic E-state index is -0.750. The Labute approximate surface area is 318 Å². The molecule has 2 aliphatic carbocycles. The zero-order valence-corrected chi connectivity index (χ0v) is 31.4. The molecule has 278 valence electrons. The number of fused-ring (bicyclic) bond motifs is 1. The highest BCUT2D eigenvalue weighted by atomic mass is 35.5. The predicted octanol–water partition coefficient (Wildman–Crippen LogP) is 8.18. The number of carbonyl (C=O) groups excluding carboxylic acids is 3. The quantitative estimate of drug-likeness (QED) is 0.164. The number of piperidine rings is 1. The van der Waals surface area contributed by atoms with E-state index in [-0.39, 0.29) is 36.9 Å². The van der Waals surface area contributed by atoms with Crippen molar-refractivity contribution in [2.75, 3.05) is 16.8 Å². The van der Waals surface area contributed by atoms with Gasteiger partial charge in [-0.25, -0.2) is 4.39 Å². The molecule has 0 spiro atoms. The van der Waals surface area contributed by atoms with Gasteiger partial charge >= 0.3 is 0 Å². The summed E-state index contributed by atoms with van der Waals surface area (Å²) in [5, 5.41) is 20.4. The first kappa shape index (κ1) is 35.8. The lowest BCUT2D eigenvalue weighted by Crippen LogP contribution is -2.52. The predicted molar refractivity (Wildman–Crippen MR) is 203 cm³/mol. The number of nitriles is 1. The Hall–Kier alpha value is -5.21. The molecular weight excluding hydrogens is 707 g/mol. The van der Waals surface area contributed by atoms with Crippen molar-refractivity contribution < 1.29 is 23.3 Å². The van der Waals surface area contributed by atoms with Gasteiger partial charge in [0.2, 0.25) is 11.8 Å². The Morgan fingerprint density at radius 1 is 1.06 bits per heavy atom. The van der Waals surface area contributed by atoms with Crippen LogP contribution in [0.4, 0.5) is 21.5 Å². The number of hydrogen-bond acceptors (Lipinski definition) is 8. The van der Waals surface area contributed by atoms with Crippen LogP contribution in [0.1, 0.15) is 89.9 Å². The van der Waals surface area contributed by atoms with E-state index in [2.05, 4.69) is 57.9 Å². The van der Waals surface area contributed by atoms with Gasteiger partial charge in [-0.2, -0.15) is 5.26 Å². The number of hydrogen-bond donors (Lipinski definition) is 2. The summed E-state index contributed by atoms with van der Waals surface area (Å²) in [6, 6.07) is 17.2. The first-order chi connectivity index (χ1) is 25.9. The van der Waals surface area contributed by atoms with Gasteiger partial charge in [0, 0.05) is 53.1 Å². The number of nitrogens with one attached hydrogen (secondary N) is 2. The van der Waals surface area contributed by atoms with Crippen LogP contribution in [0, 0.1) is 43.8 Å². The summed E-state index contributed by atoms with van der Waals surface area (Å²) >= 11 is 6.92. The standard InChI is InChI=1S/C42H42ClFN6O4/c1-23-4-7-27(39-24(2)48-54-25(39)3)17-37(23)49(30-10-11-32(33(43)18-30)42(22-45)14-15-42)20-26-5-8-29(9-6-26)46-35-16-28-21-50(41(53)31(28)19-34(35)44)36-12-13-38(51)47-40(36)52/h4,7,10-11,16-19,26,29,36,46H,5-6,8-9,12-15,20-21H2,1-3H3,(H,47,51,52). The van der Waals surface area contributed by atoms with Gasteiger partial charge in [0.1, 0.15) is 17.6 Å². The summed E-state index contributed by atoms with van der Waals surface area (Å²) in [7, 11) is 0. The van der Waals surface area contributed by atoms with Gasteiger partial charge in [-0.1, -0.05) is 35.0 Å². The molecule has 1 unspecified atom stereocenters. The highest BCUT2D eigenvalue weighted by molar-refractivity contribution is 6.32. The van der Waals surface area contributed by atoms with Crippen LogP contribution >= 0.6 is 11.6 Å². The van der Waals surface area contributed by atoms with Crippen LogP contribution < -0.4 is 15.5 Å². The number of anilines is 3. The van der Waals surface area contributed by atoms with Gasteiger partial charge in [0.15, 0.2) is 0 Å². The van der Waals surface area contributed by atoms with Gasteiger partial charge in [-0.15, -0.1) is 0 Å². The van der Waals surface area contributed by atoms with Crippen LogP contribution in [-0.4, -0.2) is 46.4 Å². The topological polar surface area (TPSA) is 132 Å². The molecule has 54 heavy (non-hydrogen) atoms. The van der Waals surface area contributed by atoms with Gasteiger partial charge in [0.25, 0.3) is 5.91 Å². The number of halogens is 2. The molecule has 1 atom stereocenters. The third kappa shape index (κ3) is 6.51. The van der Waals surface area contributed by atoms with Crippen LogP contribution in [0.3, 0.4) is 0 Å². The van der Waals surface area contributed by atoms with Crippen LogP contribution in [0.5, 0.6) is 0 Å². The smallest absolute Gasteiger partial charge is 0.255 e. The Morgan fingerprint density at radius 2 is 1.83 bits per heavy atom. The van der Waals surface area contributed by atoms with E-state index < -0.39 is 29.1 Å². The Balaban J connectivity index is 0.999. The molecule has 4 aromatic rings. The molecule has 3 fully saturated rings. The van der Waals surface area contributed by atoms with Gasteiger partial charge < -0.3 is 19.6 Å². The van der Waals surface area contributed by atoms with Crippen molar-refractivity contribution in [2.24, 2.45) is 5.92 Å². The third-order valence-electron chi connectivity index (χ3n) is 11.8. The fourth-order valence-electron chi connectivity index (χ4n) is 8.59. The first-order valence-corrected chi connectivity index (χ1v) is 19.1. The molecule has 10 nitrogen and oxygen atoms in total. The van der Waals surface area contributed by atoms with Crippen molar-refractivity contribution in [2.45, 2.75) is 96.2 Å². The number of aromatic nitrogens is 1. The Morgan fingerprint density at radius 3 is 2.50 bits per heavy atom. The molecular formula is C42H42ClFN6O4. The third-order valence-corrected chi connectivity index (χ3v) is 12.1. The summed E-state index contributed by atoms with van der Waals surface area (Å²) in [5.41, 5.74) is 7.62. The van der Waals surface area contributed by atoms with E-state index in [1.54, 1.807) is 6.07 Å². The number of imide groups is 1. The minimum Gasteiger partial charge on any atom is -0.380 e. The molecule has 3 amide bonds. The van der Waals surface area contributed by atoms with Crippen molar-refractivity contribution in [1.29, 1.82) is 5.26 Å². The lowest BCUT2D eigenvalue weighted by molar-refractivity contribution is -0.136. The van der Waals surface area contributed by atoms with Crippen molar-refractivity contribution in [1.82, 2.24) is 15.4 Å². The maximum Gasteiger partial charge on any atom is 0.255 e. The van der Waals surface area contributed by atoms with Crippen molar-refractivity contribution >= 4 is 46.4 Å². The summed E-state index contributed by atoms with van der Waals surface area (Å²) < 4.78 is 21.0. The molecule has 0 radical (unpaired) electrons. The van der Waals surface area contributed by atoms with E-state index in [1.807, 2.05) is 26.0 Å². The molecule has 2 aliphatic heterocycles. The monoisotopic (exact) mass is 748 g/mol. The Kier molecular flexibility index (Phi) is 9.21. The van der Waals surface area contributed by atoms with Crippen LogP contribution in [0.2, 0.25) is 5.02 Å². The molecule has 8 rings (SSSR count). The molecule has 2 N–H and O–H groups in total. The average Bonchev–Trinajstić information content (AvgIpc) is 3.79. The molecule has 1 aromatic heterocycles.